The summed E-state index contributed by atoms with van der Waals surface area (Å²) < 4.78 is 1.50. The molecule has 0 unspecified atom stereocenters. The molecule has 1 amide bonds. The lowest BCUT2D eigenvalue weighted by Gasteiger charge is -2.20. The van der Waals surface area contributed by atoms with Crippen LogP contribution in [0.4, 0.5) is 17.3 Å². The Kier molecular flexibility index (Phi) is 5.79. The molecule has 33 heavy (non-hydrogen) atoms. The second-order valence-corrected chi connectivity index (χ2v) is 8.68. The van der Waals surface area contributed by atoms with Crippen LogP contribution in [0.5, 0.6) is 0 Å². The number of aromatic nitrogens is 3. The van der Waals surface area contributed by atoms with E-state index in [1.54, 1.807) is 36.5 Å². The summed E-state index contributed by atoms with van der Waals surface area (Å²) in [6, 6.07) is 18.3. The van der Waals surface area contributed by atoms with E-state index in [0.29, 0.717) is 28.4 Å². The van der Waals surface area contributed by atoms with Gasteiger partial charge in [0, 0.05) is 29.0 Å². The van der Waals surface area contributed by atoms with Gasteiger partial charge in [-0.3, -0.25) is 14.2 Å². The van der Waals surface area contributed by atoms with E-state index >= 15 is 0 Å². The van der Waals surface area contributed by atoms with Crippen molar-refractivity contribution in [3.8, 4) is 5.69 Å². The van der Waals surface area contributed by atoms with Gasteiger partial charge in [0.1, 0.15) is 0 Å². The van der Waals surface area contributed by atoms with E-state index < -0.39 is 0 Å². The number of rotatable bonds is 5. The van der Waals surface area contributed by atoms with Crippen molar-refractivity contribution in [1.29, 1.82) is 0 Å². The number of anilines is 3. The number of benzene rings is 2. The zero-order valence-corrected chi connectivity index (χ0v) is 18.8. The summed E-state index contributed by atoms with van der Waals surface area (Å²) in [7, 11) is 0. The molecule has 4 rings (SSSR count). The molecule has 2 aromatic carbocycles. The molecule has 7 nitrogen and oxygen atoms in total. The lowest BCUT2D eigenvalue weighted by atomic mass is 9.87. The standard InChI is InChI=1S/C26H25N5O2/c1-5-22(32)28-20-10-7-11-21(15-20)31-23(33)13-12-17-16-27-25(30-24(17)31)29-19-9-6-8-18(14-19)26(2,3)4/h5-16H,1H2,2-4H3,(H,28,32)(H,27,29,30). The van der Waals surface area contributed by atoms with Crippen molar-refractivity contribution < 1.29 is 4.79 Å². The molecule has 4 aromatic rings. The van der Waals surface area contributed by atoms with E-state index in [9.17, 15) is 9.59 Å². The van der Waals surface area contributed by atoms with Crippen molar-refractivity contribution in [2.45, 2.75) is 26.2 Å². The third kappa shape index (κ3) is 4.82. The van der Waals surface area contributed by atoms with Crippen LogP contribution in [0.15, 0.2) is 84.3 Å². The van der Waals surface area contributed by atoms with E-state index in [1.165, 1.54) is 22.3 Å². The van der Waals surface area contributed by atoms with Crippen molar-refractivity contribution in [3.63, 3.8) is 0 Å². The lowest BCUT2D eigenvalue weighted by molar-refractivity contribution is -0.111. The van der Waals surface area contributed by atoms with E-state index in [4.69, 9.17) is 0 Å². The summed E-state index contributed by atoms with van der Waals surface area (Å²) >= 11 is 0. The summed E-state index contributed by atoms with van der Waals surface area (Å²) in [5, 5.41) is 6.67. The molecule has 0 spiro atoms. The minimum absolute atomic E-state index is 0.00838. The van der Waals surface area contributed by atoms with Crippen molar-refractivity contribution in [1.82, 2.24) is 14.5 Å². The van der Waals surface area contributed by atoms with Gasteiger partial charge in [-0.1, -0.05) is 45.5 Å². The number of nitrogens with zero attached hydrogens (tertiary/aromatic N) is 3. The molecule has 0 aliphatic rings. The largest absolute Gasteiger partial charge is 0.324 e. The Morgan fingerprint density at radius 1 is 1.03 bits per heavy atom. The molecule has 0 radical (unpaired) electrons. The molecule has 2 aromatic heterocycles. The maximum atomic E-state index is 12.8. The van der Waals surface area contributed by atoms with Crippen LogP contribution in [0.3, 0.4) is 0 Å². The molecule has 2 heterocycles. The number of fused-ring (bicyclic) bond motifs is 1. The molecule has 0 saturated carbocycles. The van der Waals surface area contributed by atoms with E-state index in [0.717, 1.165) is 5.69 Å². The second-order valence-electron chi connectivity index (χ2n) is 8.68. The normalized spacial score (nSPS) is 11.2. The first-order valence-corrected chi connectivity index (χ1v) is 10.5. The maximum absolute atomic E-state index is 12.8. The fraction of sp³-hybridized carbons (Fsp3) is 0.154. The number of hydrogen-bond acceptors (Lipinski definition) is 5. The maximum Gasteiger partial charge on any atom is 0.256 e. The molecule has 7 heteroatoms. The molecular formula is C26H25N5O2. The van der Waals surface area contributed by atoms with Crippen LogP contribution < -0.4 is 16.2 Å². The Bertz CT molecular complexity index is 1420. The van der Waals surface area contributed by atoms with Crippen molar-refractivity contribution >= 4 is 34.3 Å². The van der Waals surface area contributed by atoms with Crippen molar-refractivity contribution in [3.05, 3.63) is 95.4 Å². The van der Waals surface area contributed by atoms with Gasteiger partial charge in [0.2, 0.25) is 11.9 Å². The van der Waals surface area contributed by atoms with Crippen LogP contribution in [0.1, 0.15) is 26.3 Å². The van der Waals surface area contributed by atoms with Gasteiger partial charge in [0.05, 0.1) is 5.69 Å². The first kappa shape index (κ1) is 22.0. The highest BCUT2D eigenvalue weighted by atomic mass is 16.1. The molecule has 0 aliphatic heterocycles. The smallest absolute Gasteiger partial charge is 0.256 e. The number of carbonyl (C=O) groups is 1. The van der Waals surface area contributed by atoms with Crippen LogP contribution in [-0.2, 0) is 10.2 Å². The molecule has 0 atom stereocenters. The van der Waals surface area contributed by atoms with Gasteiger partial charge in [-0.25, -0.2) is 4.98 Å². The highest BCUT2D eigenvalue weighted by Gasteiger charge is 2.14. The summed E-state index contributed by atoms with van der Waals surface area (Å²) in [4.78, 5) is 33.6. The Morgan fingerprint density at radius 2 is 1.79 bits per heavy atom. The van der Waals surface area contributed by atoms with Gasteiger partial charge < -0.3 is 10.6 Å². The molecule has 0 bridgehead atoms. The molecular weight excluding hydrogens is 414 g/mol. The Morgan fingerprint density at radius 3 is 2.55 bits per heavy atom. The molecule has 0 saturated heterocycles. The number of carbonyl (C=O) groups excluding carboxylic acids is 1. The highest BCUT2D eigenvalue weighted by molar-refractivity contribution is 5.99. The van der Waals surface area contributed by atoms with Gasteiger partial charge in [-0.2, -0.15) is 4.98 Å². The van der Waals surface area contributed by atoms with Gasteiger partial charge in [0.25, 0.3) is 5.56 Å². The van der Waals surface area contributed by atoms with Crippen LogP contribution in [0.25, 0.3) is 16.7 Å². The third-order valence-corrected chi connectivity index (χ3v) is 5.18. The van der Waals surface area contributed by atoms with Crippen molar-refractivity contribution in [2.24, 2.45) is 0 Å². The Labute approximate surface area is 191 Å². The monoisotopic (exact) mass is 439 g/mol. The predicted molar refractivity (Wildman–Crippen MR) is 132 cm³/mol. The number of nitrogens with one attached hydrogen (secondary N) is 2. The van der Waals surface area contributed by atoms with Crippen LogP contribution in [0.2, 0.25) is 0 Å². The Balaban J connectivity index is 1.77. The minimum atomic E-state index is -0.330. The summed E-state index contributed by atoms with van der Waals surface area (Å²) in [6.07, 6.45) is 2.87. The molecule has 166 valence electrons. The summed E-state index contributed by atoms with van der Waals surface area (Å²) in [6.45, 7) is 9.93. The fourth-order valence-corrected chi connectivity index (χ4v) is 3.44. The predicted octanol–water partition coefficient (Wildman–Crippen LogP) is 4.95. The summed E-state index contributed by atoms with van der Waals surface area (Å²) in [5.74, 6) is 0.0488. The van der Waals surface area contributed by atoms with E-state index in [-0.39, 0.29) is 16.9 Å². The minimum Gasteiger partial charge on any atom is -0.324 e. The quantitative estimate of drug-likeness (QED) is 0.430. The third-order valence-electron chi connectivity index (χ3n) is 5.18. The number of amides is 1. The summed E-state index contributed by atoms with van der Waals surface area (Å²) in [5.41, 5.74) is 3.39. The van der Waals surface area contributed by atoms with Gasteiger partial charge in [0.15, 0.2) is 5.65 Å². The molecule has 0 aliphatic carbocycles. The van der Waals surface area contributed by atoms with Crippen molar-refractivity contribution in [2.75, 3.05) is 10.6 Å². The number of hydrogen-bond donors (Lipinski definition) is 2. The first-order valence-electron chi connectivity index (χ1n) is 10.5. The van der Waals surface area contributed by atoms with Crippen LogP contribution in [-0.4, -0.2) is 20.4 Å². The fourth-order valence-electron chi connectivity index (χ4n) is 3.44. The first-order chi connectivity index (χ1) is 15.7. The Hall–Kier alpha value is -4.26. The van der Waals surface area contributed by atoms with Crippen LogP contribution in [0, 0.1) is 0 Å². The van der Waals surface area contributed by atoms with E-state index in [1.807, 2.05) is 12.1 Å². The van der Waals surface area contributed by atoms with Gasteiger partial charge in [-0.15, -0.1) is 0 Å². The molecule has 0 fully saturated rings. The SMILES string of the molecule is C=CC(=O)Nc1cccc(-n2c(=O)ccc3cnc(Nc4cccc(C(C)(C)C)c4)nc32)c1. The highest BCUT2D eigenvalue weighted by Crippen LogP contribution is 2.26. The zero-order valence-electron chi connectivity index (χ0n) is 18.8. The lowest BCUT2D eigenvalue weighted by Crippen LogP contribution is -2.19. The average Bonchev–Trinajstić information content (AvgIpc) is 2.78. The molecule has 2 N–H and O–H groups in total. The van der Waals surface area contributed by atoms with E-state index in [2.05, 4.69) is 60.1 Å². The van der Waals surface area contributed by atoms with Gasteiger partial charge >= 0.3 is 0 Å². The zero-order chi connectivity index (χ0) is 23.6. The van der Waals surface area contributed by atoms with Gasteiger partial charge in [-0.05, 0) is 53.5 Å². The second kappa shape index (κ2) is 8.70. The van der Waals surface area contributed by atoms with Crippen LogP contribution >= 0.6 is 0 Å². The number of pyridine rings is 1. The topological polar surface area (TPSA) is 88.9 Å². The average molecular weight is 440 g/mol.